The van der Waals surface area contributed by atoms with Gasteiger partial charge in [0.15, 0.2) is 0 Å². The van der Waals surface area contributed by atoms with Gasteiger partial charge in [-0.3, -0.25) is 0 Å². The van der Waals surface area contributed by atoms with Gasteiger partial charge in [0, 0.05) is 32.9 Å². The maximum Gasteiger partial charge on any atom is 0.0579 e. The number of para-hydroxylation sites is 2. The summed E-state index contributed by atoms with van der Waals surface area (Å²) in [4.78, 5) is 0. The van der Waals surface area contributed by atoms with Crippen LogP contribution < -0.4 is 0 Å². The van der Waals surface area contributed by atoms with Gasteiger partial charge >= 0.3 is 0 Å². The average molecular weight is 745 g/mol. The van der Waals surface area contributed by atoms with Crippen LogP contribution in [-0.2, 0) is 25.7 Å². The highest BCUT2D eigenvalue weighted by molar-refractivity contribution is 6.17. The van der Waals surface area contributed by atoms with Crippen LogP contribution in [0.5, 0.6) is 0 Å². The summed E-state index contributed by atoms with van der Waals surface area (Å²) in [5.41, 5.74) is 27.2. The predicted molar refractivity (Wildman–Crippen MR) is 245 cm³/mol. The third kappa shape index (κ3) is 4.78. The molecule has 2 aliphatic rings. The Balaban J connectivity index is 1.15. The highest BCUT2D eigenvalue weighted by Gasteiger charge is 2.33. The van der Waals surface area contributed by atoms with Crippen LogP contribution in [-0.4, -0.2) is 9.13 Å². The van der Waals surface area contributed by atoms with E-state index in [-0.39, 0.29) is 0 Å². The highest BCUT2D eigenvalue weighted by Crippen LogP contribution is 2.51. The van der Waals surface area contributed by atoms with Crippen LogP contribution in [0.2, 0.25) is 0 Å². The van der Waals surface area contributed by atoms with Crippen molar-refractivity contribution in [1.82, 2.24) is 9.13 Å². The molecule has 58 heavy (non-hydrogen) atoms. The molecule has 10 aromatic rings. The fraction of sp³-hybridized carbons (Fsp3) is 0.143. The standard InChI is InChI=1S/C56H44N2/c1-33-15-17-37(27-35(33)3)39-21-25-51-47(29-39)49-31-41-19-24-46-54-42(20-23-45(53(41)54)55(49)57(51)43-11-7-5-8-12-43)32-50-48-30-40(38-18-16-34(2)36(4)28-38)22-26-52(48)58(56(46)50)44-13-9-6-10-14-44/h5-18,21-22,25-32H,19-20,23-24H2,1-4H3. The summed E-state index contributed by atoms with van der Waals surface area (Å²) in [5.74, 6) is 0. The van der Waals surface area contributed by atoms with Crippen LogP contribution >= 0.6 is 0 Å². The molecule has 12 rings (SSSR count). The summed E-state index contributed by atoms with van der Waals surface area (Å²) >= 11 is 0. The van der Waals surface area contributed by atoms with Crippen molar-refractivity contribution in [3.63, 3.8) is 0 Å². The molecule has 2 heterocycles. The first kappa shape index (κ1) is 33.5. The van der Waals surface area contributed by atoms with Crippen molar-refractivity contribution in [2.45, 2.75) is 53.4 Å². The lowest BCUT2D eigenvalue weighted by Gasteiger charge is -2.31. The first-order chi connectivity index (χ1) is 28.4. The number of fused-ring (bicyclic) bond motifs is 8. The fourth-order valence-electron chi connectivity index (χ4n) is 10.5. The van der Waals surface area contributed by atoms with Gasteiger partial charge < -0.3 is 9.13 Å². The van der Waals surface area contributed by atoms with Gasteiger partial charge in [-0.05, 0) is 192 Å². The Morgan fingerprint density at radius 2 is 0.741 bits per heavy atom. The highest BCUT2D eigenvalue weighted by atomic mass is 15.0. The zero-order valence-electron chi connectivity index (χ0n) is 33.6. The monoisotopic (exact) mass is 744 g/mol. The zero-order valence-corrected chi connectivity index (χ0v) is 33.6. The molecule has 0 bridgehead atoms. The minimum atomic E-state index is 1.02. The molecule has 0 aliphatic heterocycles. The van der Waals surface area contributed by atoms with Crippen molar-refractivity contribution in [1.29, 1.82) is 0 Å². The second-order valence-corrected chi connectivity index (χ2v) is 17.0. The molecule has 2 aliphatic carbocycles. The van der Waals surface area contributed by atoms with Crippen molar-refractivity contribution in [2.75, 3.05) is 0 Å². The van der Waals surface area contributed by atoms with Crippen LogP contribution in [0, 0.1) is 27.7 Å². The molecule has 278 valence electrons. The molecule has 0 N–H and O–H groups in total. The SMILES string of the molecule is Cc1ccc(-c2ccc3c(c2)c2cc4c5c(c2n3-c2ccccc2)CCc2cc3c6cc(-c7ccc(C)c(C)c7)ccc6n(-c6ccccc6)c3c(c2-5)CC4)cc1C. The smallest absolute Gasteiger partial charge is 0.0579 e. The van der Waals surface area contributed by atoms with E-state index < -0.39 is 0 Å². The maximum atomic E-state index is 2.57. The number of aryl methyl sites for hydroxylation is 8. The Morgan fingerprint density at radius 1 is 0.345 bits per heavy atom. The number of benzene rings is 8. The molecule has 0 amide bonds. The molecular weight excluding hydrogens is 701 g/mol. The predicted octanol–water partition coefficient (Wildman–Crippen LogP) is 14.3. The number of hydrogen-bond donors (Lipinski definition) is 0. The van der Waals surface area contributed by atoms with Crippen molar-refractivity contribution in [3.8, 4) is 44.8 Å². The van der Waals surface area contributed by atoms with Crippen molar-refractivity contribution >= 4 is 43.6 Å². The molecule has 0 spiro atoms. The van der Waals surface area contributed by atoms with Crippen LogP contribution in [0.1, 0.15) is 44.5 Å². The van der Waals surface area contributed by atoms with Gasteiger partial charge in [-0.2, -0.15) is 0 Å². The molecular formula is C56H44N2. The summed E-state index contributed by atoms with van der Waals surface area (Å²) in [6.45, 7) is 8.84. The number of hydrogen-bond acceptors (Lipinski definition) is 0. The molecule has 0 radical (unpaired) electrons. The summed E-state index contributed by atoms with van der Waals surface area (Å²) in [6.07, 6.45) is 4.11. The van der Waals surface area contributed by atoms with E-state index in [1.165, 1.54) is 133 Å². The van der Waals surface area contributed by atoms with Crippen LogP contribution in [0.15, 0.2) is 146 Å². The van der Waals surface area contributed by atoms with Crippen molar-refractivity contribution in [2.24, 2.45) is 0 Å². The van der Waals surface area contributed by atoms with Gasteiger partial charge in [0.2, 0.25) is 0 Å². The quantitative estimate of drug-likeness (QED) is 0.170. The van der Waals surface area contributed by atoms with Crippen LogP contribution in [0.25, 0.3) is 88.4 Å². The maximum absolute atomic E-state index is 2.57. The van der Waals surface area contributed by atoms with Crippen molar-refractivity contribution in [3.05, 3.63) is 190 Å². The Morgan fingerprint density at radius 3 is 1.16 bits per heavy atom. The molecule has 2 aromatic heterocycles. The van der Waals surface area contributed by atoms with Gasteiger partial charge in [0.1, 0.15) is 0 Å². The van der Waals surface area contributed by atoms with E-state index in [4.69, 9.17) is 0 Å². The summed E-state index contributed by atoms with van der Waals surface area (Å²) in [6, 6.07) is 55.3. The van der Waals surface area contributed by atoms with E-state index in [1.54, 1.807) is 0 Å². The lowest BCUT2D eigenvalue weighted by molar-refractivity contribution is 0.883. The number of rotatable bonds is 4. The number of aromatic nitrogens is 2. The summed E-state index contributed by atoms with van der Waals surface area (Å²) < 4.78 is 5.13. The average Bonchev–Trinajstić information content (AvgIpc) is 3.77. The molecule has 2 heteroatoms. The minimum absolute atomic E-state index is 1.02. The number of nitrogens with zero attached hydrogens (tertiary/aromatic N) is 2. The van der Waals surface area contributed by atoms with Gasteiger partial charge in [-0.25, -0.2) is 0 Å². The van der Waals surface area contributed by atoms with Gasteiger partial charge in [-0.15, -0.1) is 0 Å². The first-order valence-corrected chi connectivity index (χ1v) is 20.9. The topological polar surface area (TPSA) is 9.86 Å². The zero-order chi connectivity index (χ0) is 38.8. The third-order valence-electron chi connectivity index (χ3n) is 13.7. The fourth-order valence-corrected chi connectivity index (χ4v) is 10.5. The van der Waals surface area contributed by atoms with Gasteiger partial charge in [0.25, 0.3) is 0 Å². The van der Waals surface area contributed by atoms with Crippen LogP contribution in [0.4, 0.5) is 0 Å². The van der Waals surface area contributed by atoms with Gasteiger partial charge in [-0.1, -0.05) is 84.9 Å². The van der Waals surface area contributed by atoms with E-state index in [0.29, 0.717) is 0 Å². The molecule has 0 unspecified atom stereocenters. The Labute approximate surface area is 339 Å². The Kier molecular flexibility index (Phi) is 7.18. The van der Waals surface area contributed by atoms with E-state index in [0.717, 1.165) is 25.7 Å². The Hall–Kier alpha value is -6.64. The third-order valence-corrected chi connectivity index (χ3v) is 13.7. The molecule has 0 saturated heterocycles. The summed E-state index contributed by atoms with van der Waals surface area (Å²) in [5, 5.41) is 5.43. The van der Waals surface area contributed by atoms with Crippen molar-refractivity contribution < 1.29 is 0 Å². The second-order valence-electron chi connectivity index (χ2n) is 17.0. The normalized spacial score (nSPS) is 13.2. The van der Waals surface area contributed by atoms with E-state index in [1.807, 2.05) is 0 Å². The van der Waals surface area contributed by atoms with Gasteiger partial charge in [0.05, 0.1) is 22.1 Å². The molecule has 0 atom stereocenters. The largest absolute Gasteiger partial charge is 0.309 e. The Bertz CT molecular complexity index is 3130. The van der Waals surface area contributed by atoms with E-state index in [9.17, 15) is 0 Å². The van der Waals surface area contributed by atoms with E-state index >= 15 is 0 Å². The molecule has 8 aromatic carbocycles. The first-order valence-electron chi connectivity index (χ1n) is 20.9. The van der Waals surface area contributed by atoms with Crippen LogP contribution in [0.3, 0.4) is 0 Å². The molecule has 0 fully saturated rings. The molecule has 0 saturated carbocycles. The second kappa shape index (κ2) is 12.4. The lowest BCUT2D eigenvalue weighted by atomic mass is 9.74. The lowest BCUT2D eigenvalue weighted by Crippen LogP contribution is -2.16. The molecule has 2 nitrogen and oxygen atoms in total. The summed E-state index contributed by atoms with van der Waals surface area (Å²) in [7, 11) is 0. The minimum Gasteiger partial charge on any atom is -0.309 e. The van der Waals surface area contributed by atoms with E-state index in [2.05, 4.69) is 182 Å².